The Balaban J connectivity index is 2.03. The van der Waals surface area contributed by atoms with Gasteiger partial charge in [0.1, 0.15) is 16.7 Å². The Morgan fingerprint density at radius 3 is 2.62 bits per heavy atom. The van der Waals surface area contributed by atoms with Gasteiger partial charge in [-0.05, 0) is 47.7 Å². The van der Waals surface area contributed by atoms with Crippen molar-refractivity contribution in [2.24, 2.45) is 0 Å². The number of benzene rings is 2. The van der Waals surface area contributed by atoms with E-state index in [9.17, 15) is 14.9 Å². The maximum Gasteiger partial charge on any atom is 0.264 e. The van der Waals surface area contributed by atoms with E-state index >= 15 is 0 Å². The van der Waals surface area contributed by atoms with Crippen LogP contribution in [0.2, 0.25) is 5.02 Å². The molecule has 2 aromatic rings. The van der Waals surface area contributed by atoms with E-state index in [0.29, 0.717) is 28.1 Å². The van der Waals surface area contributed by atoms with Gasteiger partial charge < -0.3 is 5.32 Å². The second-order valence-corrected chi connectivity index (χ2v) is 9.28. The lowest BCUT2D eigenvalue weighted by Crippen LogP contribution is -2.32. The highest BCUT2D eigenvalue weighted by Gasteiger charge is 2.40. The predicted molar refractivity (Wildman–Crippen MR) is 130 cm³/mol. The SMILES string of the molecule is C=CCNC(=O)/C(C#N)=C1\SC(Cc2cccc(Cl)c2)C(=O)N1c1ccc(C(C)C)cc1. The van der Waals surface area contributed by atoms with Crippen molar-refractivity contribution in [1.29, 1.82) is 5.26 Å². The Labute approximate surface area is 197 Å². The largest absolute Gasteiger partial charge is 0.348 e. The molecule has 0 aliphatic carbocycles. The smallest absolute Gasteiger partial charge is 0.264 e. The van der Waals surface area contributed by atoms with E-state index in [0.717, 1.165) is 11.1 Å². The molecule has 164 valence electrons. The van der Waals surface area contributed by atoms with Gasteiger partial charge >= 0.3 is 0 Å². The van der Waals surface area contributed by atoms with Gasteiger partial charge in [-0.25, -0.2) is 0 Å². The van der Waals surface area contributed by atoms with Gasteiger partial charge in [0, 0.05) is 17.3 Å². The molecule has 5 nitrogen and oxygen atoms in total. The summed E-state index contributed by atoms with van der Waals surface area (Å²) >= 11 is 7.34. The zero-order chi connectivity index (χ0) is 23.3. The maximum absolute atomic E-state index is 13.5. The lowest BCUT2D eigenvalue weighted by Gasteiger charge is -2.19. The van der Waals surface area contributed by atoms with Crippen molar-refractivity contribution >= 4 is 40.9 Å². The van der Waals surface area contributed by atoms with E-state index in [1.807, 2.05) is 48.5 Å². The summed E-state index contributed by atoms with van der Waals surface area (Å²) in [6, 6.07) is 17.0. The van der Waals surface area contributed by atoms with Gasteiger partial charge in [-0.15, -0.1) is 6.58 Å². The summed E-state index contributed by atoms with van der Waals surface area (Å²) in [7, 11) is 0. The minimum absolute atomic E-state index is 0.0910. The number of nitrogens with one attached hydrogen (secondary N) is 1. The fraction of sp³-hybridized carbons (Fsp3) is 0.240. The van der Waals surface area contributed by atoms with Crippen molar-refractivity contribution in [3.8, 4) is 6.07 Å². The maximum atomic E-state index is 13.5. The van der Waals surface area contributed by atoms with Crippen LogP contribution in [0.15, 0.2) is 71.8 Å². The average molecular weight is 466 g/mol. The molecule has 0 aromatic heterocycles. The third kappa shape index (κ3) is 5.24. The fourth-order valence-electron chi connectivity index (χ4n) is 3.36. The summed E-state index contributed by atoms with van der Waals surface area (Å²) in [6.07, 6.45) is 1.97. The second kappa shape index (κ2) is 10.5. The molecule has 3 rings (SSSR count). The van der Waals surface area contributed by atoms with Crippen molar-refractivity contribution < 1.29 is 9.59 Å². The van der Waals surface area contributed by atoms with Gasteiger partial charge in [-0.3, -0.25) is 14.5 Å². The fourth-order valence-corrected chi connectivity index (χ4v) is 4.88. The summed E-state index contributed by atoms with van der Waals surface area (Å²) in [5, 5.41) is 12.9. The van der Waals surface area contributed by atoms with Crippen LogP contribution < -0.4 is 10.2 Å². The molecule has 2 aromatic carbocycles. The van der Waals surface area contributed by atoms with E-state index in [2.05, 4.69) is 25.7 Å². The van der Waals surface area contributed by atoms with Gasteiger partial charge in [0.2, 0.25) is 5.91 Å². The van der Waals surface area contributed by atoms with Crippen LogP contribution in [0.3, 0.4) is 0 Å². The minimum atomic E-state index is -0.532. The Kier molecular flexibility index (Phi) is 7.79. The first kappa shape index (κ1) is 23.6. The van der Waals surface area contributed by atoms with Crippen LogP contribution in [-0.4, -0.2) is 23.6 Å². The monoisotopic (exact) mass is 465 g/mol. The van der Waals surface area contributed by atoms with E-state index in [1.165, 1.54) is 22.7 Å². The molecule has 1 atom stereocenters. The van der Waals surface area contributed by atoms with Gasteiger partial charge in [-0.2, -0.15) is 5.26 Å². The number of nitriles is 1. The first-order chi connectivity index (χ1) is 15.3. The summed E-state index contributed by atoms with van der Waals surface area (Å²) in [5.41, 5.74) is 2.58. The van der Waals surface area contributed by atoms with E-state index in [-0.39, 0.29) is 18.0 Å². The lowest BCUT2D eigenvalue weighted by atomic mass is 10.0. The molecule has 1 unspecified atom stereocenters. The number of thioether (sulfide) groups is 1. The average Bonchev–Trinajstić information content (AvgIpc) is 3.08. The van der Waals surface area contributed by atoms with Crippen LogP contribution >= 0.6 is 23.4 Å². The van der Waals surface area contributed by atoms with Crippen molar-refractivity contribution in [3.63, 3.8) is 0 Å². The number of halogens is 1. The molecule has 0 bridgehead atoms. The Bertz CT molecular complexity index is 1100. The number of hydrogen-bond acceptors (Lipinski definition) is 4. The summed E-state index contributed by atoms with van der Waals surface area (Å²) in [5.74, 6) is -0.362. The molecule has 7 heteroatoms. The van der Waals surface area contributed by atoms with Crippen LogP contribution in [-0.2, 0) is 16.0 Å². The van der Waals surface area contributed by atoms with Gasteiger partial charge in [0.05, 0.1) is 5.25 Å². The number of amides is 2. The van der Waals surface area contributed by atoms with Crippen LogP contribution in [0, 0.1) is 11.3 Å². The Morgan fingerprint density at radius 2 is 2.03 bits per heavy atom. The van der Waals surface area contributed by atoms with Crippen molar-refractivity contribution in [2.45, 2.75) is 31.4 Å². The molecule has 1 aliphatic rings. The third-order valence-corrected chi connectivity index (χ3v) is 6.54. The molecule has 1 aliphatic heterocycles. The normalized spacial score (nSPS) is 17.3. The number of anilines is 1. The first-order valence-electron chi connectivity index (χ1n) is 10.2. The molecule has 32 heavy (non-hydrogen) atoms. The highest BCUT2D eigenvalue weighted by Crippen LogP contribution is 2.42. The van der Waals surface area contributed by atoms with E-state index in [1.54, 1.807) is 6.07 Å². The number of carbonyl (C=O) groups is 2. The molecule has 1 saturated heterocycles. The second-order valence-electron chi connectivity index (χ2n) is 7.65. The molecule has 2 amide bonds. The highest BCUT2D eigenvalue weighted by atomic mass is 35.5. The third-order valence-electron chi connectivity index (χ3n) is 5.04. The summed E-state index contributed by atoms with van der Waals surface area (Å²) in [6.45, 7) is 8.00. The van der Waals surface area contributed by atoms with Crippen LogP contribution in [0.1, 0.15) is 30.9 Å². The van der Waals surface area contributed by atoms with E-state index < -0.39 is 11.2 Å². The summed E-state index contributed by atoms with van der Waals surface area (Å²) in [4.78, 5) is 27.6. The van der Waals surface area contributed by atoms with Gasteiger partial charge in [0.25, 0.3) is 5.91 Å². The summed E-state index contributed by atoms with van der Waals surface area (Å²) < 4.78 is 0. The molecule has 1 fully saturated rings. The van der Waals surface area contributed by atoms with E-state index in [4.69, 9.17) is 11.6 Å². The zero-order valence-corrected chi connectivity index (χ0v) is 19.5. The lowest BCUT2D eigenvalue weighted by molar-refractivity contribution is -0.117. The molecule has 0 saturated carbocycles. The number of nitrogens with zero attached hydrogens (tertiary/aromatic N) is 2. The molecule has 0 spiro atoms. The van der Waals surface area contributed by atoms with Crippen LogP contribution in [0.5, 0.6) is 0 Å². The molecule has 0 radical (unpaired) electrons. The molecule has 1 heterocycles. The van der Waals surface area contributed by atoms with Crippen molar-refractivity contribution in [1.82, 2.24) is 5.32 Å². The standard InChI is InChI=1S/C25H24ClN3O2S/c1-4-12-28-23(30)21(15-27)25-29(20-10-8-18(9-11-20)16(2)3)24(31)22(32-25)14-17-6-5-7-19(26)13-17/h4-11,13,16,22H,1,12,14H2,2-3H3,(H,28,30)/b25-21-. The Hall–Kier alpha value is -3.01. The van der Waals surface area contributed by atoms with Crippen LogP contribution in [0.25, 0.3) is 0 Å². The predicted octanol–water partition coefficient (Wildman–Crippen LogP) is 5.19. The minimum Gasteiger partial charge on any atom is -0.348 e. The molecular formula is C25H24ClN3O2S. The quantitative estimate of drug-likeness (QED) is 0.347. The van der Waals surface area contributed by atoms with Crippen LogP contribution in [0.4, 0.5) is 5.69 Å². The highest BCUT2D eigenvalue weighted by molar-refractivity contribution is 8.05. The van der Waals surface area contributed by atoms with Gasteiger partial charge in [-0.1, -0.05) is 67.6 Å². The molecular weight excluding hydrogens is 442 g/mol. The molecule has 1 N–H and O–H groups in total. The first-order valence-corrected chi connectivity index (χ1v) is 11.5. The van der Waals surface area contributed by atoms with Gasteiger partial charge in [0.15, 0.2) is 0 Å². The van der Waals surface area contributed by atoms with Crippen molar-refractivity contribution in [2.75, 3.05) is 11.4 Å². The zero-order valence-electron chi connectivity index (χ0n) is 18.0. The number of rotatable bonds is 7. The Morgan fingerprint density at radius 1 is 1.31 bits per heavy atom. The topological polar surface area (TPSA) is 73.2 Å². The van der Waals surface area contributed by atoms with Crippen molar-refractivity contribution in [3.05, 3.63) is 87.9 Å². The number of hydrogen-bond donors (Lipinski definition) is 1. The number of carbonyl (C=O) groups excluding carboxylic acids is 2.